The molecular weight excluding hydrogens is 310 g/mol. The molecule has 0 saturated heterocycles. The van der Waals surface area contributed by atoms with Gasteiger partial charge in [-0.1, -0.05) is 48.0 Å². The van der Waals surface area contributed by atoms with E-state index < -0.39 is 0 Å². The molecule has 0 amide bonds. The molecule has 3 nitrogen and oxygen atoms in total. The largest absolute Gasteiger partial charge is 0.617 e. The number of ketones is 1. The molecule has 23 heavy (non-hydrogen) atoms. The van der Waals surface area contributed by atoms with E-state index >= 15 is 0 Å². The Morgan fingerprint density at radius 2 is 1.61 bits per heavy atom. The molecule has 114 valence electrons. The van der Waals surface area contributed by atoms with E-state index in [2.05, 4.69) is 0 Å². The molecule has 3 rings (SSSR count). The fraction of sp³-hybridized carbons (Fsp3) is 0.0526. The van der Waals surface area contributed by atoms with E-state index in [1.165, 1.54) is 6.07 Å². The number of nitrogens with zero attached hydrogens (tertiary/aromatic N) is 1. The van der Waals surface area contributed by atoms with Crippen molar-refractivity contribution in [2.45, 2.75) is 6.92 Å². The van der Waals surface area contributed by atoms with Gasteiger partial charge in [-0.3, -0.25) is 4.79 Å². The zero-order valence-electron chi connectivity index (χ0n) is 12.5. The number of carbonyl (C=O) groups is 1. The van der Waals surface area contributed by atoms with Gasteiger partial charge in [0.05, 0.1) is 5.56 Å². The summed E-state index contributed by atoms with van der Waals surface area (Å²) in [6.45, 7) is 1.96. The van der Waals surface area contributed by atoms with Gasteiger partial charge in [0.1, 0.15) is 0 Å². The van der Waals surface area contributed by atoms with Crippen molar-refractivity contribution in [1.29, 1.82) is 0 Å². The topological polar surface area (TPSA) is 44.0 Å². The molecule has 3 aromatic rings. The Balaban J connectivity index is 2.20. The van der Waals surface area contributed by atoms with Crippen LogP contribution in [0.4, 0.5) is 0 Å². The van der Waals surface area contributed by atoms with Crippen molar-refractivity contribution < 1.29 is 9.52 Å². The molecule has 1 heterocycles. The Hall–Kier alpha value is -2.65. The van der Waals surface area contributed by atoms with E-state index in [0.717, 1.165) is 5.56 Å². The lowest BCUT2D eigenvalue weighted by Crippen LogP contribution is -2.33. The molecule has 0 radical (unpaired) electrons. The highest BCUT2D eigenvalue weighted by Crippen LogP contribution is 2.24. The number of hydrogen-bond donors (Lipinski definition) is 0. The minimum Gasteiger partial charge on any atom is -0.617 e. The molecule has 0 unspecified atom stereocenters. The van der Waals surface area contributed by atoms with E-state index in [1.54, 1.807) is 30.3 Å². The van der Waals surface area contributed by atoms with E-state index in [-0.39, 0.29) is 16.6 Å². The molecular formula is C19H14ClNO2. The van der Waals surface area contributed by atoms with Gasteiger partial charge in [-0.15, -0.1) is 0 Å². The molecule has 0 saturated carbocycles. The average Bonchev–Trinajstić information content (AvgIpc) is 2.58. The Bertz CT molecular complexity index is 859. The number of aromatic nitrogens is 1. The number of benzene rings is 2. The van der Waals surface area contributed by atoms with Crippen LogP contribution in [0.2, 0.25) is 5.15 Å². The molecule has 0 aliphatic rings. The predicted molar refractivity (Wildman–Crippen MR) is 90.5 cm³/mol. The Morgan fingerprint density at radius 1 is 0.957 bits per heavy atom. The van der Waals surface area contributed by atoms with Gasteiger partial charge < -0.3 is 5.21 Å². The second-order valence-electron chi connectivity index (χ2n) is 5.27. The van der Waals surface area contributed by atoms with Crippen LogP contribution in [0.1, 0.15) is 21.5 Å². The summed E-state index contributed by atoms with van der Waals surface area (Å²) in [5, 5.41) is 12.5. The zero-order chi connectivity index (χ0) is 16.4. The minimum absolute atomic E-state index is 0.0326. The summed E-state index contributed by atoms with van der Waals surface area (Å²) in [7, 11) is 0. The Kier molecular flexibility index (Phi) is 4.13. The van der Waals surface area contributed by atoms with Crippen molar-refractivity contribution in [2.24, 2.45) is 0 Å². The van der Waals surface area contributed by atoms with Gasteiger partial charge in [0.2, 0.25) is 5.69 Å². The second-order valence-corrected chi connectivity index (χ2v) is 5.66. The first-order valence-corrected chi connectivity index (χ1v) is 7.54. The van der Waals surface area contributed by atoms with Crippen molar-refractivity contribution in [2.75, 3.05) is 0 Å². The molecule has 1 aromatic heterocycles. The van der Waals surface area contributed by atoms with Crippen LogP contribution in [0.3, 0.4) is 0 Å². The number of aryl methyl sites for hydroxylation is 1. The van der Waals surface area contributed by atoms with Crippen LogP contribution in [-0.2, 0) is 0 Å². The quantitative estimate of drug-likeness (QED) is 0.314. The standard InChI is InChI=1S/C19H14ClNO2/c1-13-7-9-14(10-8-13)18-16(11-12-17(20)21(18)23)19(22)15-5-3-2-4-6-15/h2-12H,1H3. The third-order valence-electron chi connectivity index (χ3n) is 3.65. The lowest BCUT2D eigenvalue weighted by molar-refractivity contribution is -0.591. The second kappa shape index (κ2) is 6.23. The molecule has 0 N–H and O–H groups in total. The summed E-state index contributed by atoms with van der Waals surface area (Å²) in [5.41, 5.74) is 2.87. The van der Waals surface area contributed by atoms with Gasteiger partial charge >= 0.3 is 0 Å². The van der Waals surface area contributed by atoms with Gasteiger partial charge in [0.25, 0.3) is 5.15 Å². The summed E-state index contributed by atoms with van der Waals surface area (Å²) >= 11 is 5.96. The van der Waals surface area contributed by atoms with Crippen molar-refractivity contribution >= 4 is 17.4 Å². The fourth-order valence-corrected chi connectivity index (χ4v) is 2.57. The highest BCUT2D eigenvalue weighted by molar-refractivity contribution is 6.28. The first-order valence-electron chi connectivity index (χ1n) is 7.17. The average molecular weight is 324 g/mol. The highest BCUT2D eigenvalue weighted by Gasteiger charge is 2.24. The number of carbonyl (C=O) groups excluding carboxylic acids is 1. The molecule has 0 bridgehead atoms. The van der Waals surface area contributed by atoms with Gasteiger partial charge in [0.15, 0.2) is 5.78 Å². The van der Waals surface area contributed by atoms with E-state index in [4.69, 9.17) is 11.6 Å². The predicted octanol–water partition coefficient (Wildman–Crippen LogP) is 4.18. The van der Waals surface area contributed by atoms with Crippen LogP contribution in [0.5, 0.6) is 0 Å². The van der Waals surface area contributed by atoms with E-state index in [1.807, 2.05) is 37.3 Å². The third-order valence-corrected chi connectivity index (χ3v) is 3.92. The van der Waals surface area contributed by atoms with Gasteiger partial charge in [-0.05, 0) is 36.7 Å². The molecule has 0 aliphatic heterocycles. The summed E-state index contributed by atoms with van der Waals surface area (Å²) in [6.07, 6.45) is 0. The molecule has 4 heteroatoms. The van der Waals surface area contributed by atoms with Crippen molar-refractivity contribution in [3.05, 3.63) is 93.8 Å². The fourth-order valence-electron chi connectivity index (χ4n) is 2.43. The van der Waals surface area contributed by atoms with Crippen LogP contribution >= 0.6 is 11.6 Å². The Labute approximate surface area is 139 Å². The third kappa shape index (κ3) is 2.96. The van der Waals surface area contributed by atoms with Crippen LogP contribution < -0.4 is 4.73 Å². The lowest BCUT2D eigenvalue weighted by Gasteiger charge is -2.11. The van der Waals surface area contributed by atoms with Crippen LogP contribution in [0, 0.1) is 12.1 Å². The normalized spacial score (nSPS) is 10.5. The smallest absolute Gasteiger partial charge is 0.286 e. The number of halogens is 1. The van der Waals surface area contributed by atoms with Gasteiger partial charge in [-0.2, -0.15) is 4.73 Å². The molecule has 0 spiro atoms. The Morgan fingerprint density at radius 3 is 2.26 bits per heavy atom. The van der Waals surface area contributed by atoms with Crippen molar-refractivity contribution in [1.82, 2.24) is 0 Å². The molecule has 0 atom stereocenters. The maximum atomic E-state index is 12.8. The summed E-state index contributed by atoms with van der Waals surface area (Å²) < 4.78 is 0.600. The number of hydrogen-bond acceptors (Lipinski definition) is 2. The maximum Gasteiger partial charge on any atom is 0.286 e. The SMILES string of the molecule is Cc1ccc(-c2c(C(=O)c3ccccc3)ccc(Cl)[n+]2[O-])cc1. The summed E-state index contributed by atoms with van der Waals surface area (Å²) in [6, 6.07) is 19.3. The molecule has 0 aliphatic carbocycles. The monoisotopic (exact) mass is 323 g/mol. The number of rotatable bonds is 3. The van der Waals surface area contributed by atoms with E-state index in [9.17, 15) is 10.0 Å². The molecule has 0 fully saturated rings. The van der Waals surface area contributed by atoms with Gasteiger partial charge in [-0.25, -0.2) is 0 Å². The lowest BCUT2D eigenvalue weighted by atomic mass is 9.98. The van der Waals surface area contributed by atoms with Crippen LogP contribution in [0.25, 0.3) is 11.3 Å². The van der Waals surface area contributed by atoms with Crippen LogP contribution in [0.15, 0.2) is 66.7 Å². The van der Waals surface area contributed by atoms with Crippen LogP contribution in [-0.4, -0.2) is 5.78 Å². The first kappa shape index (κ1) is 15.3. The van der Waals surface area contributed by atoms with Crippen molar-refractivity contribution in [3.8, 4) is 11.3 Å². The first-order chi connectivity index (χ1) is 11.1. The highest BCUT2D eigenvalue weighted by atomic mass is 35.5. The maximum absolute atomic E-state index is 12.8. The number of pyridine rings is 1. The summed E-state index contributed by atoms with van der Waals surface area (Å²) in [5.74, 6) is -0.206. The van der Waals surface area contributed by atoms with E-state index in [0.29, 0.717) is 21.4 Å². The van der Waals surface area contributed by atoms with Crippen molar-refractivity contribution in [3.63, 3.8) is 0 Å². The zero-order valence-corrected chi connectivity index (χ0v) is 13.2. The minimum atomic E-state index is -0.206. The molecule has 2 aromatic carbocycles. The summed E-state index contributed by atoms with van der Waals surface area (Å²) in [4.78, 5) is 12.8. The van der Waals surface area contributed by atoms with Gasteiger partial charge in [0, 0.05) is 17.2 Å².